The van der Waals surface area contributed by atoms with Gasteiger partial charge in [-0.05, 0) is 25.0 Å². The Labute approximate surface area is 113 Å². The van der Waals surface area contributed by atoms with Crippen molar-refractivity contribution in [3.8, 4) is 5.69 Å². The molecule has 0 spiro atoms. The maximum atomic E-state index is 4.44. The summed E-state index contributed by atoms with van der Waals surface area (Å²) in [6, 6.07) is 10.2. The lowest BCUT2D eigenvalue weighted by Crippen LogP contribution is -2.11. The number of hydrogen-bond acceptors (Lipinski definition) is 3. The van der Waals surface area contributed by atoms with Crippen molar-refractivity contribution in [1.82, 2.24) is 14.8 Å². The van der Waals surface area contributed by atoms with Gasteiger partial charge in [-0.1, -0.05) is 37.5 Å². The summed E-state index contributed by atoms with van der Waals surface area (Å²) in [5.41, 5.74) is 1.10. The van der Waals surface area contributed by atoms with E-state index in [-0.39, 0.29) is 0 Å². The topological polar surface area (TPSA) is 30.7 Å². The highest BCUT2D eigenvalue weighted by Gasteiger charge is 2.22. The molecule has 0 saturated heterocycles. The summed E-state index contributed by atoms with van der Waals surface area (Å²) in [5, 5.41) is 9.18. The van der Waals surface area contributed by atoms with Gasteiger partial charge >= 0.3 is 0 Å². The number of para-hydroxylation sites is 1. The molecule has 3 nitrogen and oxygen atoms in total. The Hall–Kier alpha value is -1.29. The molecule has 0 bridgehead atoms. The van der Waals surface area contributed by atoms with Crippen LogP contribution in [0.2, 0.25) is 0 Å². The van der Waals surface area contributed by atoms with Crippen molar-refractivity contribution in [3.05, 3.63) is 36.2 Å². The highest BCUT2D eigenvalue weighted by molar-refractivity contribution is 7.80. The summed E-state index contributed by atoms with van der Waals surface area (Å²) in [7, 11) is 0. The molecule has 1 aromatic carbocycles. The van der Waals surface area contributed by atoms with Crippen LogP contribution in [0.1, 0.15) is 43.8 Å². The number of nitrogens with zero attached hydrogens (tertiary/aromatic N) is 3. The van der Waals surface area contributed by atoms with Gasteiger partial charge in [-0.3, -0.25) is 4.57 Å². The van der Waals surface area contributed by atoms with Gasteiger partial charge in [-0.25, -0.2) is 0 Å². The van der Waals surface area contributed by atoms with Crippen molar-refractivity contribution in [2.75, 3.05) is 0 Å². The first-order valence-corrected chi connectivity index (χ1v) is 7.00. The highest BCUT2D eigenvalue weighted by Crippen LogP contribution is 2.33. The fourth-order valence-corrected chi connectivity index (χ4v) is 3.00. The number of hydrogen-bond donors (Lipinski definition) is 1. The molecule has 1 fully saturated rings. The zero-order chi connectivity index (χ0) is 12.4. The first-order valence-electron chi connectivity index (χ1n) is 6.56. The lowest BCUT2D eigenvalue weighted by Gasteiger charge is -2.21. The van der Waals surface area contributed by atoms with Crippen LogP contribution in [0, 0.1) is 0 Å². The molecule has 0 amide bonds. The second-order valence-corrected chi connectivity index (χ2v) is 5.26. The second kappa shape index (κ2) is 5.14. The monoisotopic (exact) mass is 259 g/mol. The Morgan fingerprint density at radius 2 is 1.72 bits per heavy atom. The van der Waals surface area contributed by atoms with Crippen molar-refractivity contribution in [1.29, 1.82) is 0 Å². The molecule has 4 heteroatoms. The molecule has 1 aliphatic carbocycles. The molecule has 0 aliphatic heterocycles. The lowest BCUT2D eigenvalue weighted by molar-refractivity contribution is 0.423. The summed E-state index contributed by atoms with van der Waals surface area (Å²) in [6.45, 7) is 0. The van der Waals surface area contributed by atoms with Crippen molar-refractivity contribution < 1.29 is 0 Å². The van der Waals surface area contributed by atoms with Crippen LogP contribution in [0.5, 0.6) is 0 Å². The average molecular weight is 259 g/mol. The van der Waals surface area contributed by atoms with Crippen molar-refractivity contribution in [3.63, 3.8) is 0 Å². The van der Waals surface area contributed by atoms with Gasteiger partial charge in [0.05, 0.1) is 0 Å². The molecule has 3 rings (SSSR count). The van der Waals surface area contributed by atoms with Crippen LogP contribution in [0.4, 0.5) is 0 Å². The predicted molar refractivity (Wildman–Crippen MR) is 74.4 cm³/mol. The summed E-state index contributed by atoms with van der Waals surface area (Å²) in [5.74, 6) is 1.61. The van der Waals surface area contributed by atoms with E-state index in [1.54, 1.807) is 0 Å². The Kier molecular flexibility index (Phi) is 3.37. The fourth-order valence-electron chi connectivity index (χ4n) is 2.74. The maximum absolute atomic E-state index is 4.44. The third-order valence-corrected chi connectivity index (χ3v) is 3.95. The van der Waals surface area contributed by atoms with Crippen molar-refractivity contribution in [2.24, 2.45) is 0 Å². The summed E-state index contributed by atoms with van der Waals surface area (Å²) >= 11 is 4.44. The Morgan fingerprint density at radius 3 is 2.44 bits per heavy atom. The van der Waals surface area contributed by atoms with Gasteiger partial charge in [0.15, 0.2) is 5.16 Å². The van der Waals surface area contributed by atoms with E-state index in [9.17, 15) is 0 Å². The van der Waals surface area contributed by atoms with Crippen LogP contribution in [0.3, 0.4) is 0 Å². The van der Waals surface area contributed by atoms with E-state index in [1.165, 1.54) is 32.1 Å². The molecule has 0 atom stereocenters. The van der Waals surface area contributed by atoms with Crippen LogP contribution in [-0.4, -0.2) is 14.8 Å². The fraction of sp³-hybridized carbons (Fsp3) is 0.429. The number of benzene rings is 1. The van der Waals surface area contributed by atoms with E-state index in [2.05, 4.69) is 39.5 Å². The first kappa shape index (κ1) is 11.8. The Bertz CT molecular complexity index is 515. The van der Waals surface area contributed by atoms with E-state index in [0.717, 1.165) is 11.5 Å². The van der Waals surface area contributed by atoms with Crippen LogP contribution >= 0.6 is 12.6 Å². The molecule has 1 heterocycles. The zero-order valence-corrected chi connectivity index (χ0v) is 11.2. The van der Waals surface area contributed by atoms with E-state index < -0.39 is 0 Å². The predicted octanol–water partition coefficient (Wildman–Crippen LogP) is 3.60. The molecule has 1 aromatic heterocycles. The minimum absolute atomic E-state index is 0.535. The molecular formula is C14H17N3S. The summed E-state index contributed by atoms with van der Waals surface area (Å²) in [6.07, 6.45) is 6.39. The highest BCUT2D eigenvalue weighted by atomic mass is 32.1. The van der Waals surface area contributed by atoms with Crippen LogP contribution in [-0.2, 0) is 0 Å². The van der Waals surface area contributed by atoms with Gasteiger partial charge in [-0.2, -0.15) is 0 Å². The molecule has 1 aliphatic rings. The maximum Gasteiger partial charge on any atom is 0.192 e. The number of aromatic nitrogens is 3. The molecule has 18 heavy (non-hydrogen) atoms. The lowest BCUT2D eigenvalue weighted by atomic mass is 9.88. The van der Waals surface area contributed by atoms with Crippen LogP contribution in [0.15, 0.2) is 35.5 Å². The Balaban J connectivity index is 2.01. The van der Waals surface area contributed by atoms with Gasteiger partial charge in [0.2, 0.25) is 0 Å². The van der Waals surface area contributed by atoms with Gasteiger partial charge < -0.3 is 0 Å². The summed E-state index contributed by atoms with van der Waals surface area (Å²) in [4.78, 5) is 0. The smallest absolute Gasteiger partial charge is 0.192 e. The Morgan fingerprint density at radius 1 is 1.00 bits per heavy atom. The van der Waals surface area contributed by atoms with Crippen LogP contribution < -0.4 is 0 Å². The van der Waals surface area contributed by atoms with Gasteiger partial charge in [0, 0.05) is 11.6 Å². The summed E-state index contributed by atoms with van der Waals surface area (Å²) < 4.78 is 2.08. The van der Waals surface area contributed by atoms with Crippen molar-refractivity contribution >= 4 is 12.6 Å². The van der Waals surface area contributed by atoms with E-state index in [4.69, 9.17) is 0 Å². The third-order valence-electron chi connectivity index (χ3n) is 3.66. The number of thiol groups is 1. The van der Waals surface area contributed by atoms with Gasteiger partial charge in [-0.15, -0.1) is 22.8 Å². The first-order chi connectivity index (χ1) is 8.86. The largest absolute Gasteiger partial charge is 0.274 e. The standard InChI is InChI=1S/C14H17N3S/c18-14-16-15-13(11-7-3-1-4-8-11)17(14)12-9-5-2-6-10-12/h2,5-6,9-11H,1,3-4,7-8H2,(H,16,18). The second-order valence-electron chi connectivity index (χ2n) is 4.86. The van der Waals surface area contributed by atoms with E-state index >= 15 is 0 Å². The SMILES string of the molecule is Sc1nnc(C2CCCCC2)n1-c1ccccc1. The van der Waals surface area contributed by atoms with Gasteiger partial charge in [0.1, 0.15) is 5.82 Å². The molecule has 0 radical (unpaired) electrons. The minimum Gasteiger partial charge on any atom is -0.274 e. The molecule has 2 aromatic rings. The van der Waals surface area contributed by atoms with Crippen LogP contribution in [0.25, 0.3) is 5.69 Å². The third kappa shape index (κ3) is 2.17. The van der Waals surface area contributed by atoms with Crippen molar-refractivity contribution in [2.45, 2.75) is 43.2 Å². The normalized spacial score (nSPS) is 16.9. The molecular weight excluding hydrogens is 242 g/mol. The van der Waals surface area contributed by atoms with E-state index in [1.807, 2.05) is 18.2 Å². The molecule has 0 N–H and O–H groups in total. The zero-order valence-electron chi connectivity index (χ0n) is 10.3. The molecule has 0 unspecified atom stereocenters. The quantitative estimate of drug-likeness (QED) is 0.835. The molecule has 1 saturated carbocycles. The van der Waals surface area contributed by atoms with E-state index in [0.29, 0.717) is 11.1 Å². The van der Waals surface area contributed by atoms with Gasteiger partial charge in [0.25, 0.3) is 0 Å². The average Bonchev–Trinajstić information content (AvgIpc) is 2.83. The minimum atomic E-state index is 0.535. The molecule has 94 valence electrons. The number of rotatable bonds is 2.